The zero-order chi connectivity index (χ0) is 13.3. The van der Waals surface area contributed by atoms with Crippen LogP contribution in [0.1, 0.15) is 26.3 Å². The number of alkyl halides is 1. The zero-order valence-corrected chi connectivity index (χ0v) is 13.4. The summed E-state index contributed by atoms with van der Waals surface area (Å²) in [6, 6.07) is 6.09. The molecule has 100 valence electrons. The summed E-state index contributed by atoms with van der Waals surface area (Å²) < 4.78 is 5.94. The van der Waals surface area contributed by atoms with Crippen LogP contribution in [0.25, 0.3) is 0 Å². The second kappa shape index (κ2) is 5.40. The molecule has 18 heavy (non-hydrogen) atoms. The highest BCUT2D eigenvalue weighted by Gasteiger charge is 2.32. The van der Waals surface area contributed by atoms with Crippen molar-refractivity contribution < 1.29 is 4.74 Å². The van der Waals surface area contributed by atoms with Crippen LogP contribution in [0.15, 0.2) is 18.2 Å². The van der Waals surface area contributed by atoms with E-state index in [0.29, 0.717) is 0 Å². The highest BCUT2D eigenvalue weighted by molar-refractivity contribution is 9.08. The van der Waals surface area contributed by atoms with Crippen LogP contribution in [0.2, 0.25) is 5.02 Å². The van der Waals surface area contributed by atoms with Crippen LogP contribution in [0.5, 0.6) is 0 Å². The number of morpholine rings is 1. The average Bonchev–Trinajstić information content (AvgIpc) is 2.25. The highest BCUT2D eigenvalue weighted by Crippen LogP contribution is 2.33. The molecule has 1 aromatic carbocycles. The van der Waals surface area contributed by atoms with Gasteiger partial charge in [0.2, 0.25) is 0 Å². The number of rotatable bonds is 2. The minimum absolute atomic E-state index is 0.121. The Hall–Kier alpha value is -0.250. The molecule has 1 atom stereocenters. The van der Waals surface area contributed by atoms with Crippen LogP contribution >= 0.6 is 27.5 Å². The molecular formula is C14H19BrClNO. The van der Waals surface area contributed by atoms with Crippen molar-refractivity contribution in [2.24, 2.45) is 0 Å². The molecule has 0 amide bonds. The molecule has 1 fully saturated rings. The smallest absolute Gasteiger partial charge is 0.0805 e. The Morgan fingerprint density at radius 3 is 2.83 bits per heavy atom. The lowest BCUT2D eigenvalue weighted by Crippen LogP contribution is -2.52. The van der Waals surface area contributed by atoms with E-state index in [1.54, 1.807) is 0 Å². The van der Waals surface area contributed by atoms with Gasteiger partial charge in [-0.1, -0.05) is 33.6 Å². The molecule has 1 unspecified atom stereocenters. The topological polar surface area (TPSA) is 12.5 Å². The molecule has 1 aliphatic heterocycles. The first-order valence-corrected chi connectivity index (χ1v) is 7.69. The summed E-state index contributed by atoms with van der Waals surface area (Å²) in [6.45, 7) is 8.18. The van der Waals surface area contributed by atoms with Crippen molar-refractivity contribution in [1.29, 1.82) is 0 Å². The quantitative estimate of drug-likeness (QED) is 0.751. The molecule has 0 N–H and O–H groups in total. The second-order valence-corrected chi connectivity index (χ2v) is 6.41. The van der Waals surface area contributed by atoms with Crippen molar-refractivity contribution in [3.05, 3.63) is 28.8 Å². The molecule has 1 saturated heterocycles. The van der Waals surface area contributed by atoms with E-state index in [-0.39, 0.29) is 11.7 Å². The monoisotopic (exact) mass is 331 g/mol. The first-order valence-electron chi connectivity index (χ1n) is 6.19. The Kier molecular flexibility index (Phi) is 4.25. The summed E-state index contributed by atoms with van der Waals surface area (Å²) in [4.78, 5) is 2.37. The second-order valence-electron chi connectivity index (χ2n) is 5.44. The Morgan fingerprint density at radius 2 is 2.22 bits per heavy atom. The molecule has 0 bridgehead atoms. The lowest BCUT2D eigenvalue weighted by molar-refractivity contribution is -0.0750. The van der Waals surface area contributed by atoms with Gasteiger partial charge in [0.15, 0.2) is 0 Å². The van der Waals surface area contributed by atoms with E-state index in [9.17, 15) is 0 Å². The SMILES string of the molecule is CC1CN(c2cccc(Cl)c2CBr)CC(C)(C)O1. The minimum Gasteiger partial charge on any atom is -0.369 e. The van der Waals surface area contributed by atoms with Crippen molar-refractivity contribution >= 4 is 33.2 Å². The fraction of sp³-hybridized carbons (Fsp3) is 0.571. The van der Waals surface area contributed by atoms with Crippen molar-refractivity contribution in [2.45, 2.75) is 37.8 Å². The Bertz CT molecular complexity index is 436. The maximum atomic E-state index is 6.27. The standard InChI is InChI=1S/C14H19BrClNO/c1-10-8-17(9-14(2,3)18-10)13-6-4-5-12(16)11(13)7-15/h4-6,10H,7-9H2,1-3H3. The van der Waals surface area contributed by atoms with E-state index >= 15 is 0 Å². The number of nitrogens with zero attached hydrogens (tertiary/aromatic N) is 1. The van der Waals surface area contributed by atoms with Crippen molar-refractivity contribution in [3.8, 4) is 0 Å². The molecule has 1 aromatic rings. The van der Waals surface area contributed by atoms with Gasteiger partial charge in [0.05, 0.1) is 11.7 Å². The van der Waals surface area contributed by atoms with E-state index < -0.39 is 0 Å². The zero-order valence-electron chi connectivity index (χ0n) is 11.0. The molecule has 0 saturated carbocycles. The molecule has 1 aliphatic rings. The van der Waals surface area contributed by atoms with E-state index in [4.69, 9.17) is 16.3 Å². The first-order chi connectivity index (χ1) is 8.43. The summed E-state index contributed by atoms with van der Waals surface area (Å²) in [5.74, 6) is 0. The van der Waals surface area contributed by atoms with Gasteiger partial charge < -0.3 is 9.64 Å². The van der Waals surface area contributed by atoms with Crippen LogP contribution in [-0.4, -0.2) is 24.8 Å². The molecular weight excluding hydrogens is 314 g/mol. The number of anilines is 1. The van der Waals surface area contributed by atoms with Crippen molar-refractivity contribution in [3.63, 3.8) is 0 Å². The number of hydrogen-bond acceptors (Lipinski definition) is 2. The third-order valence-electron chi connectivity index (χ3n) is 3.14. The summed E-state index contributed by atoms with van der Waals surface area (Å²) >= 11 is 9.80. The largest absolute Gasteiger partial charge is 0.369 e. The third-order valence-corrected chi connectivity index (χ3v) is 4.05. The van der Waals surface area contributed by atoms with Gasteiger partial charge in [-0.15, -0.1) is 0 Å². The van der Waals surface area contributed by atoms with Gasteiger partial charge in [-0.05, 0) is 32.9 Å². The fourth-order valence-corrected chi connectivity index (χ4v) is 3.60. The predicted octanol–water partition coefficient (Wildman–Crippen LogP) is 4.24. The first kappa shape index (κ1) is 14.2. The molecule has 1 heterocycles. The molecule has 0 aliphatic carbocycles. The maximum Gasteiger partial charge on any atom is 0.0805 e. The molecule has 0 spiro atoms. The normalized spacial score (nSPS) is 23.2. The summed E-state index contributed by atoms with van der Waals surface area (Å²) in [5.41, 5.74) is 2.25. The minimum atomic E-state index is -0.121. The van der Waals surface area contributed by atoms with E-state index in [1.165, 1.54) is 5.69 Å². The molecule has 2 rings (SSSR count). The maximum absolute atomic E-state index is 6.27. The van der Waals surface area contributed by atoms with Crippen LogP contribution in [-0.2, 0) is 10.1 Å². The highest BCUT2D eigenvalue weighted by atomic mass is 79.9. The number of benzene rings is 1. The van der Waals surface area contributed by atoms with Gasteiger partial charge in [0, 0.05) is 34.7 Å². The lowest BCUT2D eigenvalue weighted by Gasteiger charge is -2.43. The Morgan fingerprint density at radius 1 is 1.50 bits per heavy atom. The van der Waals surface area contributed by atoms with Gasteiger partial charge in [-0.3, -0.25) is 0 Å². The van der Waals surface area contributed by atoms with Gasteiger partial charge in [-0.2, -0.15) is 0 Å². The van der Waals surface area contributed by atoms with Crippen molar-refractivity contribution in [1.82, 2.24) is 0 Å². The number of ether oxygens (including phenoxy) is 1. The number of halogens is 2. The van der Waals surface area contributed by atoms with Gasteiger partial charge in [0.25, 0.3) is 0 Å². The van der Waals surface area contributed by atoms with Crippen LogP contribution in [0.4, 0.5) is 5.69 Å². The van der Waals surface area contributed by atoms with E-state index in [0.717, 1.165) is 29.0 Å². The summed E-state index contributed by atoms with van der Waals surface area (Å²) in [6.07, 6.45) is 0.232. The van der Waals surface area contributed by atoms with E-state index in [2.05, 4.69) is 47.7 Å². The Labute approximate surface area is 122 Å². The Balaban J connectivity index is 2.34. The van der Waals surface area contributed by atoms with Crippen LogP contribution < -0.4 is 4.90 Å². The van der Waals surface area contributed by atoms with Gasteiger partial charge >= 0.3 is 0 Å². The third kappa shape index (κ3) is 3.01. The predicted molar refractivity (Wildman–Crippen MR) is 80.9 cm³/mol. The fourth-order valence-electron chi connectivity index (χ4n) is 2.61. The lowest BCUT2D eigenvalue weighted by atomic mass is 10.0. The molecule has 4 heteroatoms. The van der Waals surface area contributed by atoms with Crippen molar-refractivity contribution in [2.75, 3.05) is 18.0 Å². The van der Waals surface area contributed by atoms with Gasteiger partial charge in [0.1, 0.15) is 0 Å². The van der Waals surface area contributed by atoms with Crippen LogP contribution in [0.3, 0.4) is 0 Å². The van der Waals surface area contributed by atoms with E-state index in [1.807, 2.05) is 12.1 Å². The van der Waals surface area contributed by atoms with Gasteiger partial charge in [-0.25, -0.2) is 0 Å². The summed E-state index contributed by atoms with van der Waals surface area (Å²) in [7, 11) is 0. The molecule has 2 nitrogen and oxygen atoms in total. The molecule has 0 radical (unpaired) electrons. The van der Waals surface area contributed by atoms with Crippen LogP contribution in [0, 0.1) is 0 Å². The molecule has 0 aromatic heterocycles. The summed E-state index contributed by atoms with van der Waals surface area (Å²) in [5, 5.41) is 1.59. The number of hydrogen-bond donors (Lipinski definition) is 0. The average molecular weight is 333 g/mol.